The van der Waals surface area contributed by atoms with E-state index in [-0.39, 0.29) is 13.2 Å². The molecule has 0 unspecified atom stereocenters. The summed E-state index contributed by atoms with van der Waals surface area (Å²) in [6.45, 7) is 6.67. The average Bonchev–Trinajstić information content (AvgIpc) is 3.12. The summed E-state index contributed by atoms with van der Waals surface area (Å²) < 4.78 is 15.7. The molecule has 23 heavy (non-hydrogen) atoms. The lowest BCUT2D eigenvalue weighted by Crippen LogP contribution is -2.36. The third-order valence-corrected chi connectivity index (χ3v) is 4.30. The zero-order valence-corrected chi connectivity index (χ0v) is 14.7. The molecule has 3 heterocycles. The first kappa shape index (κ1) is 17.9. The van der Waals surface area contributed by atoms with Crippen molar-refractivity contribution >= 4 is 21.8 Å². The summed E-state index contributed by atoms with van der Waals surface area (Å²) in [5.74, 6) is 0.761. The molecule has 0 atom stereocenters. The number of halogens is 1. The molecule has 0 aliphatic carbocycles. The van der Waals surface area contributed by atoms with E-state index in [1.165, 1.54) is 0 Å². The summed E-state index contributed by atoms with van der Waals surface area (Å²) in [4.78, 5) is 2.09. The minimum atomic E-state index is -0.0698. The van der Waals surface area contributed by atoms with Gasteiger partial charge in [0.15, 0.2) is 0 Å². The van der Waals surface area contributed by atoms with Crippen LogP contribution in [0, 0.1) is 13.8 Å². The molecule has 3 rings (SSSR count). The molecule has 1 aliphatic rings. The molecule has 0 aromatic carbocycles. The van der Waals surface area contributed by atoms with Gasteiger partial charge in [-0.25, -0.2) is 0 Å². The molecule has 0 bridgehead atoms. The molecule has 9 heteroatoms. The van der Waals surface area contributed by atoms with Crippen LogP contribution in [0.3, 0.4) is 0 Å². The Kier molecular flexibility index (Phi) is 6.58. The van der Waals surface area contributed by atoms with Crippen LogP contribution >= 0.6 is 15.9 Å². The van der Waals surface area contributed by atoms with Crippen molar-refractivity contribution in [1.29, 1.82) is 0 Å². The first-order chi connectivity index (χ1) is 11.1. The van der Waals surface area contributed by atoms with Gasteiger partial charge in [-0.15, -0.1) is 0 Å². The average molecular weight is 390 g/mol. The summed E-state index contributed by atoms with van der Waals surface area (Å²) in [6, 6.07) is 0. The van der Waals surface area contributed by atoms with E-state index in [0.29, 0.717) is 29.3 Å². The number of morpholine rings is 1. The van der Waals surface area contributed by atoms with E-state index in [1.54, 1.807) is 0 Å². The molecule has 2 N–H and O–H groups in total. The van der Waals surface area contributed by atoms with Gasteiger partial charge < -0.3 is 28.9 Å². The van der Waals surface area contributed by atoms with Crippen LogP contribution in [0.2, 0.25) is 0 Å². The van der Waals surface area contributed by atoms with E-state index in [1.807, 2.05) is 13.8 Å². The van der Waals surface area contributed by atoms with Crippen molar-refractivity contribution in [3.8, 4) is 0 Å². The van der Waals surface area contributed by atoms with E-state index in [2.05, 4.69) is 31.1 Å². The van der Waals surface area contributed by atoms with Crippen LogP contribution in [0.5, 0.6) is 0 Å². The predicted octanol–water partition coefficient (Wildman–Crippen LogP) is 1.55. The molecule has 0 spiro atoms. The van der Waals surface area contributed by atoms with Gasteiger partial charge in [0.1, 0.15) is 11.4 Å². The normalized spacial score (nSPS) is 14.6. The Bertz CT molecular complexity index is 622. The molecule has 1 saturated heterocycles. The molecular weight excluding hydrogens is 370 g/mol. The van der Waals surface area contributed by atoms with Crippen LogP contribution in [0.1, 0.15) is 22.5 Å². The van der Waals surface area contributed by atoms with Gasteiger partial charge in [-0.2, -0.15) is 0 Å². The first-order valence-electron chi connectivity index (χ1n) is 7.18. The molecule has 0 amide bonds. The highest BCUT2D eigenvalue weighted by molar-refractivity contribution is 9.10. The van der Waals surface area contributed by atoms with E-state index >= 15 is 0 Å². The molecule has 2 aromatic heterocycles. The SMILES string of the molecule is Cc1c(CO)noc1Br.Cc1c(CO)noc1N1CCOCC1. The Balaban J connectivity index is 0.000000185. The van der Waals surface area contributed by atoms with Crippen LogP contribution < -0.4 is 4.90 Å². The number of hydrogen-bond donors (Lipinski definition) is 2. The number of hydrogen-bond acceptors (Lipinski definition) is 8. The van der Waals surface area contributed by atoms with E-state index < -0.39 is 0 Å². The highest BCUT2D eigenvalue weighted by Crippen LogP contribution is 2.23. The van der Waals surface area contributed by atoms with Crippen LogP contribution in [0.15, 0.2) is 13.7 Å². The standard InChI is InChI=1S/C9H14N2O3.C5H6BrNO2/c1-7-8(6-12)10-14-9(7)11-2-4-13-5-3-11;1-3-4(2-8)7-9-5(3)6/h12H,2-6H2,1H3;8H,2H2,1H3. The molecule has 0 saturated carbocycles. The van der Waals surface area contributed by atoms with Crippen LogP contribution in [0.25, 0.3) is 0 Å². The monoisotopic (exact) mass is 389 g/mol. The summed E-state index contributed by atoms with van der Waals surface area (Å²) in [6.07, 6.45) is 0. The van der Waals surface area contributed by atoms with Gasteiger partial charge in [-0.05, 0) is 29.8 Å². The first-order valence-corrected chi connectivity index (χ1v) is 7.98. The van der Waals surface area contributed by atoms with Gasteiger partial charge in [0.25, 0.3) is 0 Å². The number of ether oxygens (including phenoxy) is 1. The Morgan fingerprint density at radius 2 is 1.57 bits per heavy atom. The Hall–Kier alpha value is -1.42. The fourth-order valence-electron chi connectivity index (χ4n) is 2.06. The Labute approximate surface area is 142 Å². The maximum absolute atomic E-state index is 8.96. The minimum absolute atomic E-state index is 0.0685. The highest BCUT2D eigenvalue weighted by atomic mass is 79.9. The lowest BCUT2D eigenvalue weighted by molar-refractivity contribution is 0.120. The maximum Gasteiger partial charge on any atom is 0.230 e. The van der Waals surface area contributed by atoms with Crippen molar-refractivity contribution < 1.29 is 24.0 Å². The van der Waals surface area contributed by atoms with Crippen molar-refractivity contribution in [2.75, 3.05) is 31.2 Å². The number of rotatable bonds is 3. The molecule has 2 aromatic rings. The van der Waals surface area contributed by atoms with Gasteiger partial charge in [0.2, 0.25) is 10.6 Å². The van der Waals surface area contributed by atoms with E-state index in [4.69, 9.17) is 24.0 Å². The van der Waals surface area contributed by atoms with Gasteiger partial charge in [-0.3, -0.25) is 0 Å². The highest BCUT2D eigenvalue weighted by Gasteiger charge is 2.19. The fourth-order valence-corrected chi connectivity index (χ4v) is 2.36. The van der Waals surface area contributed by atoms with Crippen molar-refractivity contribution in [2.45, 2.75) is 27.1 Å². The topological polar surface area (TPSA) is 105 Å². The van der Waals surface area contributed by atoms with Gasteiger partial charge in [0.05, 0.1) is 26.4 Å². The third-order valence-electron chi connectivity index (χ3n) is 3.56. The molecule has 128 valence electrons. The maximum atomic E-state index is 8.96. The molecule has 1 aliphatic heterocycles. The fraction of sp³-hybridized carbons (Fsp3) is 0.571. The number of anilines is 1. The van der Waals surface area contributed by atoms with Gasteiger partial charge >= 0.3 is 0 Å². The van der Waals surface area contributed by atoms with Gasteiger partial charge in [-0.1, -0.05) is 10.3 Å². The zero-order chi connectivity index (χ0) is 16.8. The van der Waals surface area contributed by atoms with Gasteiger partial charge in [0, 0.05) is 24.2 Å². The molecule has 1 fully saturated rings. The van der Waals surface area contributed by atoms with Crippen LogP contribution in [-0.2, 0) is 18.0 Å². The smallest absolute Gasteiger partial charge is 0.230 e. The van der Waals surface area contributed by atoms with Crippen molar-refractivity contribution in [1.82, 2.24) is 10.3 Å². The number of aliphatic hydroxyl groups is 2. The lowest BCUT2D eigenvalue weighted by atomic mass is 10.2. The summed E-state index contributed by atoms with van der Waals surface area (Å²) in [5, 5.41) is 24.9. The summed E-state index contributed by atoms with van der Waals surface area (Å²) >= 11 is 3.12. The Morgan fingerprint density at radius 3 is 2.00 bits per heavy atom. The van der Waals surface area contributed by atoms with Crippen molar-refractivity contribution in [3.63, 3.8) is 0 Å². The number of aromatic nitrogens is 2. The number of nitrogens with zero attached hydrogens (tertiary/aromatic N) is 3. The van der Waals surface area contributed by atoms with Crippen LogP contribution in [0.4, 0.5) is 5.88 Å². The third kappa shape index (κ3) is 4.31. The molecular formula is C14H20BrN3O5. The largest absolute Gasteiger partial charge is 0.390 e. The minimum Gasteiger partial charge on any atom is -0.390 e. The summed E-state index contributed by atoms with van der Waals surface area (Å²) in [7, 11) is 0. The quantitative estimate of drug-likeness (QED) is 0.814. The van der Waals surface area contributed by atoms with E-state index in [0.717, 1.165) is 30.1 Å². The predicted molar refractivity (Wildman–Crippen MR) is 85.1 cm³/mol. The zero-order valence-electron chi connectivity index (χ0n) is 13.1. The second kappa shape index (κ2) is 8.44. The number of aliphatic hydroxyl groups excluding tert-OH is 2. The second-order valence-corrected chi connectivity index (χ2v) is 5.72. The summed E-state index contributed by atoms with van der Waals surface area (Å²) in [5.41, 5.74) is 2.99. The molecule has 8 nitrogen and oxygen atoms in total. The lowest BCUT2D eigenvalue weighted by Gasteiger charge is -2.26. The van der Waals surface area contributed by atoms with Crippen molar-refractivity contribution in [2.24, 2.45) is 0 Å². The van der Waals surface area contributed by atoms with E-state index in [9.17, 15) is 0 Å². The van der Waals surface area contributed by atoms with Crippen molar-refractivity contribution in [3.05, 3.63) is 27.2 Å². The van der Waals surface area contributed by atoms with Crippen LogP contribution in [-0.4, -0.2) is 46.8 Å². The molecule has 0 radical (unpaired) electrons. The second-order valence-electron chi connectivity index (χ2n) is 5.00. The Morgan fingerprint density at radius 1 is 1.00 bits per heavy atom.